The zero-order valence-corrected chi connectivity index (χ0v) is 15.4. The molecule has 0 spiro atoms. The number of carboxylic acid groups (broad SMARTS) is 1. The van der Waals surface area contributed by atoms with Crippen molar-refractivity contribution in [3.8, 4) is 0 Å². The largest absolute Gasteiger partial charge is 0.478 e. The third kappa shape index (κ3) is 3.76. The lowest BCUT2D eigenvalue weighted by atomic mass is 10.2. The summed E-state index contributed by atoms with van der Waals surface area (Å²) < 4.78 is 46.2. The number of carbonyl (C=O) groups is 2. The molecule has 0 aliphatic heterocycles. The lowest BCUT2D eigenvalue weighted by molar-refractivity contribution is 0.0605. The molecule has 10 heteroatoms. The van der Waals surface area contributed by atoms with Gasteiger partial charge in [0.25, 0.3) is 10.0 Å². The van der Waals surface area contributed by atoms with Gasteiger partial charge in [-0.3, -0.25) is 4.72 Å². The molecule has 1 heterocycles. The number of thiophene rings is 1. The number of carboxylic acids is 1. The first-order valence-electron chi connectivity index (χ1n) is 7.39. The summed E-state index contributed by atoms with van der Waals surface area (Å²) in [6.45, 7) is 0. The van der Waals surface area contributed by atoms with Gasteiger partial charge >= 0.3 is 11.9 Å². The first kappa shape index (κ1) is 18.8. The first-order valence-corrected chi connectivity index (χ1v) is 9.69. The van der Waals surface area contributed by atoms with Gasteiger partial charge in [-0.15, -0.1) is 11.3 Å². The number of halogens is 1. The molecule has 3 aromatic rings. The summed E-state index contributed by atoms with van der Waals surface area (Å²) in [6, 6.07) is 8.74. The highest BCUT2D eigenvalue weighted by Crippen LogP contribution is 2.29. The molecule has 2 N–H and O–H groups in total. The Bertz CT molecular complexity index is 1170. The zero-order valence-electron chi connectivity index (χ0n) is 13.7. The SMILES string of the molecule is COC(=O)c1cc2cc(NS(=O)(=O)c3ccc(F)c(C(=O)O)c3)ccc2s1. The summed E-state index contributed by atoms with van der Waals surface area (Å²) in [5, 5.41) is 9.57. The van der Waals surface area contributed by atoms with Crippen LogP contribution in [-0.4, -0.2) is 32.6 Å². The molecule has 2 aromatic carbocycles. The van der Waals surface area contributed by atoms with Crippen LogP contribution in [0.3, 0.4) is 0 Å². The van der Waals surface area contributed by atoms with Gasteiger partial charge in [0, 0.05) is 10.4 Å². The third-order valence-corrected chi connectivity index (χ3v) is 6.11. The second-order valence-electron chi connectivity index (χ2n) is 5.41. The van der Waals surface area contributed by atoms with Crippen LogP contribution < -0.4 is 4.72 Å². The van der Waals surface area contributed by atoms with E-state index in [1.54, 1.807) is 12.1 Å². The molecule has 0 fully saturated rings. The van der Waals surface area contributed by atoms with E-state index in [0.29, 0.717) is 10.3 Å². The van der Waals surface area contributed by atoms with Gasteiger partial charge < -0.3 is 9.84 Å². The van der Waals surface area contributed by atoms with Crippen LogP contribution >= 0.6 is 11.3 Å². The lowest BCUT2D eigenvalue weighted by Gasteiger charge is -2.09. The molecular weight excluding hydrogens is 397 g/mol. The Hall–Kier alpha value is -2.98. The minimum atomic E-state index is -4.14. The molecule has 0 atom stereocenters. The van der Waals surface area contributed by atoms with Crippen molar-refractivity contribution in [3.05, 3.63) is 58.7 Å². The molecule has 0 bridgehead atoms. The van der Waals surface area contributed by atoms with Gasteiger partial charge in [0.1, 0.15) is 10.7 Å². The van der Waals surface area contributed by atoms with Crippen molar-refractivity contribution in [2.24, 2.45) is 0 Å². The Kier molecular flexibility index (Phi) is 4.85. The first-order chi connectivity index (χ1) is 12.7. The monoisotopic (exact) mass is 409 g/mol. The molecule has 7 nitrogen and oxygen atoms in total. The van der Waals surface area contributed by atoms with Gasteiger partial charge in [0.2, 0.25) is 0 Å². The molecular formula is C17H12FNO6S2. The van der Waals surface area contributed by atoms with Crippen molar-refractivity contribution in [1.29, 1.82) is 0 Å². The van der Waals surface area contributed by atoms with Gasteiger partial charge in [-0.1, -0.05) is 0 Å². The van der Waals surface area contributed by atoms with Crippen molar-refractivity contribution in [2.75, 3.05) is 11.8 Å². The number of rotatable bonds is 5. The molecule has 1 aromatic heterocycles. The molecule has 0 radical (unpaired) electrons. The Balaban J connectivity index is 1.95. The lowest BCUT2D eigenvalue weighted by Crippen LogP contribution is -2.14. The van der Waals surface area contributed by atoms with E-state index >= 15 is 0 Å². The summed E-state index contributed by atoms with van der Waals surface area (Å²) in [6.07, 6.45) is 0. The van der Waals surface area contributed by atoms with Gasteiger partial charge in [-0.2, -0.15) is 0 Å². The number of anilines is 1. The second kappa shape index (κ2) is 6.97. The van der Waals surface area contributed by atoms with E-state index < -0.39 is 33.3 Å². The van der Waals surface area contributed by atoms with Crippen molar-refractivity contribution in [2.45, 2.75) is 4.90 Å². The van der Waals surface area contributed by atoms with E-state index in [2.05, 4.69) is 9.46 Å². The normalized spacial score (nSPS) is 11.3. The maximum atomic E-state index is 13.5. The van der Waals surface area contributed by atoms with Crippen molar-refractivity contribution in [1.82, 2.24) is 0 Å². The maximum Gasteiger partial charge on any atom is 0.348 e. The number of fused-ring (bicyclic) bond motifs is 1. The fourth-order valence-electron chi connectivity index (χ4n) is 2.36. The number of carbonyl (C=O) groups excluding carboxylic acids is 1. The zero-order chi connectivity index (χ0) is 19.8. The molecule has 0 amide bonds. The standard InChI is InChI=1S/C17H12FNO6S2/c1-25-17(22)15-7-9-6-10(2-5-14(9)26-15)19-27(23,24)11-3-4-13(18)12(8-11)16(20)21/h2-8,19H,1H3,(H,20,21). The summed E-state index contributed by atoms with van der Waals surface area (Å²) in [4.78, 5) is 22.6. The van der Waals surface area contributed by atoms with Crippen LogP contribution in [0.15, 0.2) is 47.4 Å². The Morgan fingerprint density at radius 1 is 1.15 bits per heavy atom. The van der Waals surface area contributed by atoms with E-state index in [9.17, 15) is 22.4 Å². The number of benzene rings is 2. The number of hydrogen-bond donors (Lipinski definition) is 2. The minimum absolute atomic E-state index is 0.206. The van der Waals surface area contributed by atoms with Gasteiger partial charge in [0.15, 0.2) is 0 Å². The van der Waals surface area contributed by atoms with E-state index in [1.165, 1.54) is 30.6 Å². The van der Waals surface area contributed by atoms with Crippen LogP contribution in [0.2, 0.25) is 0 Å². The number of ether oxygens (including phenoxy) is 1. The summed E-state index contributed by atoms with van der Waals surface area (Å²) >= 11 is 1.20. The van der Waals surface area contributed by atoms with Crippen molar-refractivity contribution < 1.29 is 32.2 Å². The van der Waals surface area contributed by atoms with Crippen LogP contribution in [0, 0.1) is 5.82 Å². The smallest absolute Gasteiger partial charge is 0.348 e. The highest BCUT2D eigenvalue weighted by molar-refractivity contribution is 7.92. The van der Waals surface area contributed by atoms with Crippen molar-refractivity contribution >= 4 is 49.1 Å². The third-order valence-electron chi connectivity index (χ3n) is 3.63. The van der Waals surface area contributed by atoms with Crippen LogP contribution in [-0.2, 0) is 14.8 Å². The Morgan fingerprint density at radius 3 is 2.56 bits per heavy atom. The number of esters is 1. The summed E-state index contributed by atoms with van der Waals surface area (Å²) in [7, 11) is -2.87. The molecule has 0 aliphatic rings. The fourth-order valence-corrected chi connectivity index (χ4v) is 4.39. The topological polar surface area (TPSA) is 110 Å². The minimum Gasteiger partial charge on any atom is -0.478 e. The molecule has 0 saturated carbocycles. The Morgan fingerprint density at radius 2 is 1.89 bits per heavy atom. The van der Waals surface area contributed by atoms with Crippen LogP contribution in [0.5, 0.6) is 0 Å². The molecule has 0 aliphatic carbocycles. The number of hydrogen-bond acceptors (Lipinski definition) is 6. The van der Waals surface area contributed by atoms with E-state index in [0.717, 1.165) is 22.9 Å². The van der Waals surface area contributed by atoms with Gasteiger partial charge in [-0.05, 0) is 47.9 Å². The number of aromatic carboxylic acids is 1. The van der Waals surface area contributed by atoms with Gasteiger partial charge in [-0.25, -0.2) is 22.4 Å². The molecule has 140 valence electrons. The maximum absolute atomic E-state index is 13.5. The average Bonchev–Trinajstić information content (AvgIpc) is 3.04. The molecule has 27 heavy (non-hydrogen) atoms. The number of methoxy groups -OCH3 is 1. The quantitative estimate of drug-likeness (QED) is 0.626. The molecule has 3 rings (SSSR count). The van der Waals surface area contributed by atoms with Crippen LogP contribution in [0.4, 0.5) is 10.1 Å². The Labute approximate surface area is 157 Å². The number of sulfonamides is 1. The molecule has 0 saturated heterocycles. The highest BCUT2D eigenvalue weighted by Gasteiger charge is 2.20. The predicted octanol–water partition coefficient (Wildman–Crippen LogP) is 3.33. The van der Waals surface area contributed by atoms with Crippen LogP contribution in [0.1, 0.15) is 20.0 Å². The predicted molar refractivity (Wildman–Crippen MR) is 97.3 cm³/mol. The highest BCUT2D eigenvalue weighted by atomic mass is 32.2. The second-order valence-corrected chi connectivity index (χ2v) is 8.17. The fraction of sp³-hybridized carbons (Fsp3) is 0.0588. The van der Waals surface area contributed by atoms with Crippen molar-refractivity contribution in [3.63, 3.8) is 0 Å². The van der Waals surface area contributed by atoms with E-state index in [1.807, 2.05) is 0 Å². The average molecular weight is 409 g/mol. The van der Waals surface area contributed by atoms with Gasteiger partial charge in [0.05, 0.1) is 17.6 Å². The number of nitrogens with one attached hydrogen (secondary N) is 1. The van der Waals surface area contributed by atoms with E-state index in [4.69, 9.17) is 5.11 Å². The molecule has 0 unspecified atom stereocenters. The summed E-state index contributed by atoms with van der Waals surface area (Å²) in [5.74, 6) is -3.10. The van der Waals surface area contributed by atoms with Crippen LogP contribution in [0.25, 0.3) is 10.1 Å². The van der Waals surface area contributed by atoms with E-state index in [-0.39, 0.29) is 10.6 Å². The summed E-state index contributed by atoms with van der Waals surface area (Å²) in [5.41, 5.74) is -0.535.